The average Bonchev–Trinajstić information content (AvgIpc) is 2.95. The van der Waals surface area contributed by atoms with E-state index in [0.29, 0.717) is 13.2 Å². The zero-order valence-corrected chi connectivity index (χ0v) is 12.2. The highest BCUT2D eigenvalue weighted by Gasteiger charge is 2.39. The van der Waals surface area contributed by atoms with Gasteiger partial charge in [0.25, 0.3) is 0 Å². The lowest BCUT2D eigenvalue weighted by atomic mass is 9.96. The summed E-state index contributed by atoms with van der Waals surface area (Å²) < 4.78 is 5.44. The molecule has 3 nitrogen and oxygen atoms in total. The standard InChI is InChI=1S/C14H23NO2S/c1-4-12-5-6-13(18-12)10(2)15-9-14(16)7-8-17-11(14)3/h5-6,10-11,15-16H,4,7-9H2,1-3H3. The van der Waals surface area contributed by atoms with Gasteiger partial charge in [0.05, 0.1) is 6.10 Å². The summed E-state index contributed by atoms with van der Waals surface area (Å²) in [5.74, 6) is 0. The maximum Gasteiger partial charge on any atom is 0.105 e. The van der Waals surface area contributed by atoms with E-state index in [1.807, 2.05) is 18.3 Å². The average molecular weight is 269 g/mol. The summed E-state index contributed by atoms with van der Waals surface area (Å²) in [6.07, 6.45) is 1.73. The lowest BCUT2D eigenvalue weighted by Gasteiger charge is -2.28. The third-order valence-corrected chi connectivity index (χ3v) is 5.24. The smallest absolute Gasteiger partial charge is 0.105 e. The Morgan fingerprint density at radius 1 is 1.61 bits per heavy atom. The Morgan fingerprint density at radius 2 is 2.39 bits per heavy atom. The van der Waals surface area contributed by atoms with Crippen LogP contribution in [0.5, 0.6) is 0 Å². The molecule has 0 aliphatic carbocycles. The van der Waals surface area contributed by atoms with Gasteiger partial charge in [-0.2, -0.15) is 0 Å². The van der Waals surface area contributed by atoms with E-state index in [-0.39, 0.29) is 12.1 Å². The molecule has 0 spiro atoms. The van der Waals surface area contributed by atoms with Gasteiger partial charge < -0.3 is 15.2 Å². The first-order valence-electron chi connectivity index (χ1n) is 6.71. The van der Waals surface area contributed by atoms with Gasteiger partial charge in [-0.3, -0.25) is 0 Å². The Balaban J connectivity index is 1.89. The van der Waals surface area contributed by atoms with E-state index in [1.54, 1.807) is 0 Å². The Morgan fingerprint density at radius 3 is 2.94 bits per heavy atom. The van der Waals surface area contributed by atoms with Crippen LogP contribution in [0.3, 0.4) is 0 Å². The van der Waals surface area contributed by atoms with Crippen molar-refractivity contribution >= 4 is 11.3 Å². The van der Waals surface area contributed by atoms with Crippen LogP contribution in [0.15, 0.2) is 12.1 Å². The Kier molecular flexibility index (Phi) is 4.43. The molecule has 2 heterocycles. The van der Waals surface area contributed by atoms with Crippen molar-refractivity contribution in [1.29, 1.82) is 0 Å². The SMILES string of the molecule is CCc1ccc(C(C)NCC2(O)CCOC2C)s1. The van der Waals surface area contributed by atoms with Gasteiger partial charge in [0.2, 0.25) is 0 Å². The number of rotatable bonds is 5. The van der Waals surface area contributed by atoms with Crippen LogP contribution in [0.4, 0.5) is 0 Å². The van der Waals surface area contributed by atoms with Crippen molar-refractivity contribution in [3.63, 3.8) is 0 Å². The van der Waals surface area contributed by atoms with Crippen molar-refractivity contribution in [2.75, 3.05) is 13.2 Å². The van der Waals surface area contributed by atoms with Crippen LogP contribution < -0.4 is 5.32 Å². The zero-order valence-electron chi connectivity index (χ0n) is 11.4. The highest BCUT2D eigenvalue weighted by Crippen LogP contribution is 2.27. The Hall–Kier alpha value is -0.420. The summed E-state index contributed by atoms with van der Waals surface area (Å²) in [5, 5.41) is 13.9. The monoisotopic (exact) mass is 269 g/mol. The van der Waals surface area contributed by atoms with Crippen molar-refractivity contribution in [2.45, 2.75) is 51.4 Å². The quantitative estimate of drug-likeness (QED) is 0.863. The van der Waals surface area contributed by atoms with Gasteiger partial charge in [0.1, 0.15) is 5.60 Å². The van der Waals surface area contributed by atoms with Crippen molar-refractivity contribution in [2.24, 2.45) is 0 Å². The van der Waals surface area contributed by atoms with Crippen LogP contribution in [-0.4, -0.2) is 30.0 Å². The van der Waals surface area contributed by atoms with Gasteiger partial charge in [0.15, 0.2) is 0 Å². The van der Waals surface area contributed by atoms with Gasteiger partial charge >= 0.3 is 0 Å². The van der Waals surface area contributed by atoms with E-state index in [9.17, 15) is 5.11 Å². The molecule has 102 valence electrons. The fourth-order valence-corrected chi connectivity index (χ4v) is 3.23. The van der Waals surface area contributed by atoms with E-state index < -0.39 is 5.60 Å². The lowest BCUT2D eigenvalue weighted by Crippen LogP contribution is -2.46. The van der Waals surface area contributed by atoms with Crippen LogP contribution in [-0.2, 0) is 11.2 Å². The maximum absolute atomic E-state index is 10.4. The van der Waals surface area contributed by atoms with Crippen molar-refractivity contribution in [1.82, 2.24) is 5.32 Å². The van der Waals surface area contributed by atoms with Gasteiger partial charge in [-0.15, -0.1) is 11.3 Å². The summed E-state index contributed by atoms with van der Waals surface area (Å²) in [6, 6.07) is 4.65. The number of nitrogens with one attached hydrogen (secondary N) is 1. The fourth-order valence-electron chi connectivity index (χ4n) is 2.25. The number of hydrogen-bond acceptors (Lipinski definition) is 4. The van der Waals surface area contributed by atoms with E-state index in [2.05, 4.69) is 31.3 Å². The Bertz CT molecular complexity index is 393. The summed E-state index contributed by atoms with van der Waals surface area (Å²) in [7, 11) is 0. The van der Waals surface area contributed by atoms with Crippen LogP contribution in [0.1, 0.15) is 43.0 Å². The molecule has 0 amide bonds. The highest BCUT2D eigenvalue weighted by atomic mass is 32.1. The number of aryl methyl sites for hydroxylation is 1. The number of ether oxygens (including phenoxy) is 1. The molecule has 0 radical (unpaired) electrons. The van der Waals surface area contributed by atoms with Gasteiger partial charge in [-0.25, -0.2) is 0 Å². The molecule has 2 rings (SSSR count). The molecule has 1 aromatic rings. The van der Waals surface area contributed by atoms with Crippen molar-refractivity contribution < 1.29 is 9.84 Å². The molecular weight excluding hydrogens is 246 g/mol. The molecule has 3 atom stereocenters. The fraction of sp³-hybridized carbons (Fsp3) is 0.714. The predicted molar refractivity (Wildman–Crippen MR) is 75.1 cm³/mol. The minimum atomic E-state index is -0.709. The first-order valence-corrected chi connectivity index (χ1v) is 7.53. The molecule has 0 saturated carbocycles. The second-order valence-electron chi connectivity index (χ2n) is 5.13. The topological polar surface area (TPSA) is 41.5 Å². The molecule has 1 saturated heterocycles. The molecular formula is C14H23NO2S. The van der Waals surface area contributed by atoms with Crippen LogP contribution >= 0.6 is 11.3 Å². The minimum absolute atomic E-state index is 0.0771. The second-order valence-corrected chi connectivity index (χ2v) is 6.33. The second kappa shape index (κ2) is 5.70. The van der Waals surface area contributed by atoms with E-state index in [1.165, 1.54) is 9.75 Å². The number of hydrogen-bond donors (Lipinski definition) is 2. The first-order chi connectivity index (χ1) is 8.55. The summed E-state index contributed by atoms with van der Waals surface area (Å²) in [6.45, 7) is 7.52. The molecule has 0 bridgehead atoms. The zero-order chi connectivity index (χ0) is 13.2. The summed E-state index contributed by atoms with van der Waals surface area (Å²) in [5.41, 5.74) is -0.709. The molecule has 18 heavy (non-hydrogen) atoms. The van der Waals surface area contributed by atoms with Crippen LogP contribution in [0.25, 0.3) is 0 Å². The molecule has 2 N–H and O–H groups in total. The molecule has 1 aliphatic rings. The number of thiophene rings is 1. The molecule has 1 aliphatic heterocycles. The van der Waals surface area contributed by atoms with Gasteiger partial charge in [-0.1, -0.05) is 6.92 Å². The van der Waals surface area contributed by atoms with E-state index >= 15 is 0 Å². The Labute approximate surface area is 113 Å². The van der Waals surface area contributed by atoms with Crippen LogP contribution in [0.2, 0.25) is 0 Å². The van der Waals surface area contributed by atoms with Crippen molar-refractivity contribution in [3.05, 3.63) is 21.9 Å². The first kappa shape index (κ1) is 14.0. The molecule has 4 heteroatoms. The summed E-state index contributed by atoms with van der Waals surface area (Å²) >= 11 is 1.85. The normalized spacial score (nSPS) is 29.7. The highest BCUT2D eigenvalue weighted by molar-refractivity contribution is 7.12. The van der Waals surface area contributed by atoms with E-state index in [0.717, 1.165) is 12.8 Å². The minimum Gasteiger partial charge on any atom is -0.386 e. The maximum atomic E-state index is 10.4. The van der Waals surface area contributed by atoms with E-state index in [4.69, 9.17) is 4.74 Å². The van der Waals surface area contributed by atoms with Gasteiger partial charge in [0, 0.05) is 35.4 Å². The molecule has 1 fully saturated rings. The van der Waals surface area contributed by atoms with Gasteiger partial charge in [-0.05, 0) is 32.4 Å². The molecule has 3 unspecified atom stereocenters. The largest absolute Gasteiger partial charge is 0.386 e. The number of aliphatic hydroxyl groups is 1. The molecule has 0 aromatic carbocycles. The lowest BCUT2D eigenvalue weighted by molar-refractivity contribution is -0.0273. The summed E-state index contributed by atoms with van der Waals surface area (Å²) in [4.78, 5) is 2.75. The third-order valence-electron chi connectivity index (χ3n) is 3.83. The predicted octanol–water partition coefficient (Wildman–Crippen LogP) is 2.50. The third kappa shape index (κ3) is 2.94. The van der Waals surface area contributed by atoms with Crippen molar-refractivity contribution in [3.8, 4) is 0 Å². The molecule has 1 aromatic heterocycles. The van der Waals surface area contributed by atoms with Crippen LogP contribution in [0, 0.1) is 0 Å².